The Labute approximate surface area is 109 Å². The summed E-state index contributed by atoms with van der Waals surface area (Å²) in [6.07, 6.45) is 6.19. The lowest BCUT2D eigenvalue weighted by molar-refractivity contribution is 0.254. The highest BCUT2D eigenvalue weighted by atomic mass is 15.6. The van der Waals surface area contributed by atoms with Gasteiger partial charge in [-0.05, 0) is 49.1 Å². The second kappa shape index (κ2) is 6.27. The van der Waals surface area contributed by atoms with Crippen molar-refractivity contribution in [2.24, 2.45) is 5.92 Å². The Kier molecular flexibility index (Phi) is 4.69. The van der Waals surface area contributed by atoms with Crippen LogP contribution in [0.3, 0.4) is 0 Å². The van der Waals surface area contributed by atoms with Crippen molar-refractivity contribution in [1.82, 2.24) is 25.5 Å². The Morgan fingerprint density at radius 2 is 2.28 bits per heavy atom. The molecule has 0 saturated heterocycles. The molecular weight excluding hydrogens is 226 g/mol. The fourth-order valence-electron chi connectivity index (χ4n) is 2.82. The van der Waals surface area contributed by atoms with Gasteiger partial charge in [0.15, 0.2) is 5.82 Å². The summed E-state index contributed by atoms with van der Waals surface area (Å²) < 4.78 is 2.06. The quantitative estimate of drug-likeness (QED) is 0.873. The van der Waals surface area contributed by atoms with Gasteiger partial charge in [-0.1, -0.05) is 26.7 Å². The lowest BCUT2D eigenvalue weighted by Crippen LogP contribution is -2.26. The van der Waals surface area contributed by atoms with E-state index in [1.54, 1.807) is 0 Å². The highest BCUT2D eigenvalue weighted by molar-refractivity contribution is 4.93. The Hall–Kier alpha value is -0.970. The van der Waals surface area contributed by atoms with Gasteiger partial charge in [0.05, 0.1) is 12.1 Å². The van der Waals surface area contributed by atoms with Crippen LogP contribution in [0, 0.1) is 5.92 Å². The molecule has 2 rings (SSSR count). The average Bonchev–Trinajstić information content (AvgIpc) is 2.85. The van der Waals surface area contributed by atoms with Gasteiger partial charge in [-0.15, -0.1) is 5.10 Å². The molecule has 1 aliphatic rings. The van der Waals surface area contributed by atoms with E-state index in [1.165, 1.54) is 25.7 Å². The predicted octanol–water partition coefficient (Wildman–Crippen LogP) is 2.48. The molecule has 5 heteroatoms. The van der Waals surface area contributed by atoms with Gasteiger partial charge in [-0.3, -0.25) is 0 Å². The molecule has 1 aromatic heterocycles. The van der Waals surface area contributed by atoms with Crippen LogP contribution in [0.1, 0.15) is 70.8 Å². The molecule has 1 N–H and O–H groups in total. The highest BCUT2D eigenvalue weighted by Crippen LogP contribution is 2.32. The normalized spacial score (nSPS) is 26.2. The van der Waals surface area contributed by atoms with Crippen molar-refractivity contribution in [1.29, 1.82) is 0 Å². The molecule has 0 aliphatic heterocycles. The lowest BCUT2D eigenvalue weighted by atomic mass is 9.87. The molecule has 0 spiro atoms. The Bertz CT molecular complexity index is 362. The van der Waals surface area contributed by atoms with Crippen molar-refractivity contribution >= 4 is 0 Å². The maximum Gasteiger partial charge on any atom is 0.168 e. The largest absolute Gasteiger partial charge is 0.307 e. The minimum atomic E-state index is 0.234. The highest BCUT2D eigenvalue weighted by Gasteiger charge is 2.25. The summed E-state index contributed by atoms with van der Waals surface area (Å²) in [6, 6.07) is 0.724. The van der Waals surface area contributed by atoms with Crippen molar-refractivity contribution < 1.29 is 0 Å². The van der Waals surface area contributed by atoms with Gasteiger partial charge < -0.3 is 5.32 Å². The van der Waals surface area contributed by atoms with Gasteiger partial charge >= 0.3 is 0 Å². The van der Waals surface area contributed by atoms with Gasteiger partial charge in [0, 0.05) is 0 Å². The third-order valence-corrected chi connectivity index (χ3v) is 3.86. The Balaban J connectivity index is 2.06. The van der Waals surface area contributed by atoms with E-state index in [0.29, 0.717) is 6.04 Å². The zero-order valence-electron chi connectivity index (χ0n) is 11.8. The van der Waals surface area contributed by atoms with E-state index in [4.69, 9.17) is 0 Å². The summed E-state index contributed by atoms with van der Waals surface area (Å²) in [4.78, 5) is 0. The number of tetrazole rings is 1. The Morgan fingerprint density at radius 1 is 1.44 bits per heavy atom. The maximum atomic E-state index is 4.22. The van der Waals surface area contributed by atoms with Crippen LogP contribution in [0.15, 0.2) is 0 Å². The van der Waals surface area contributed by atoms with E-state index in [2.05, 4.69) is 46.3 Å². The van der Waals surface area contributed by atoms with Crippen LogP contribution >= 0.6 is 0 Å². The van der Waals surface area contributed by atoms with Crippen LogP contribution in [-0.2, 0) is 0 Å². The minimum Gasteiger partial charge on any atom is -0.307 e. The van der Waals surface area contributed by atoms with Crippen LogP contribution in [0.5, 0.6) is 0 Å². The van der Waals surface area contributed by atoms with Gasteiger partial charge in [-0.2, -0.15) is 0 Å². The van der Waals surface area contributed by atoms with Crippen molar-refractivity contribution in [3.05, 3.63) is 5.82 Å². The maximum absolute atomic E-state index is 4.22. The third kappa shape index (κ3) is 3.07. The van der Waals surface area contributed by atoms with Crippen molar-refractivity contribution in [2.75, 3.05) is 6.54 Å². The number of hydrogen-bond acceptors (Lipinski definition) is 4. The lowest BCUT2D eigenvalue weighted by Gasteiger charge is -2.28. The topological polar surface area (TPSA) is 55.6 Å². The van der Waals surface area contributed by atoms with E-state index >= 15 is 0 Å². The third-order valence-electron chi connectivity index (χ3n) is 3.86. The summed E-state index contributed by atoms with van der Waals surface area (Å²) >= 11 is 0. The zero-order chi connectivity index (χ0) is 13.0. The summed E-state index contributed by atoms with van der Waals surface area (Å²) in [7, 11) is 0. The molecule has 5 nitrogen and oxygen atoms in total. The van der Waals surface area contributed by atoms with E-state index in [-0.39, 0.29) is 6.04 Å². The number of nitrogens with one attached hydrogen (secondary N) is 1. The number of aromatic nitrogens is 4. The summed E-state index contributed by atoms with van der Waals surface area (Å²) in [5.74, 6) is 1.78. The molecule has 18 heavy (non-hydrogen) atoms. The van der Waals surface area contributed by atoms with E-state index in [9.17, 15) is 0 Å². The molecular formula is C13H25N5. The molecule has 1 saturated carbocycles. The molecule has 1 fully saturated rings. The van der Waals surface area contributed by atoms with Crippen LogP contribution in [0.2, 0.25) is 0 Å². The first-order chi connectivity index (χ1) is 8.72. The van der Waals surface area contributed by atoms with Crippen molar-refractivity contribution in [3.8, 4) is 0 Å². The van der Waals surface area contributed by atoms with Crippen LogP contribution in [-0.4, -0.2) is 26.8 Å². The standard InChI is InChI=1S/C13H25N5/c1-4-8-14-11(3)13-15-16-17-18(13)12-7-5-6-10(2)9-12/h10-12,14H,4-9H2,1-3H3. The molecule has 1 aliphatic carbocycles. The smallest absolute Gasteiger partial charge is 0.168 e. The van der Waals surface area contributed by atoms with Crippen LogP contribution in [0.4, 0.5) is 0 Å². The van der Waals surface area contributed by atoms with Crippen LogP contribution in [0.25, 0.3) is 0 Å². The summed E-state index contributed by atoms with van der Waals surface area (Å²) in [5, 5.41) is 15.8. The Morgan fingerprint density at radius 3 is 3.00 bits per heavy atom. The predicted molar refractivity (Wildman–Crippen MR) is 71.2 cm³/mol. The fourth-order valence-corrected chi connectivity index (χ4v) is 2.82. The van der Waals surface area contributed by atoms with Crippen molar-refractivity contribution in [3.63, 3.8) is 0 Å². The summed E-state index contributed by atoms with van der Waals surface area (Å²) in [6.45, 7) is 7.65. The number of hydrogen-bond donors (Lipinski definition) is 1. The second-order valence-electron chi connectivity index (χ2n) is 5.58. The molecule has 0 bridgehead atoms. The van der Waals surface area contributed by atoms with E-state index in [0.717, 1.165) is 24.7 Å². The average molecular weight is 251 g/mol. The molecule has 3 unspecified atom stereocenters. The van der Waals surface area contributed by atoms with E-state index in [1.807, 2.05) is 0 Å². The minimum absolute atomic E-state index is 0.234. The first-order valence-electron chi connectivity index (χ1n) is 7.23. The molecule has 0 aromatic carbocycles. The zero-order valence-corrected chi connectivity index (χ0v) is 11.8. The molecule has 3 atom stereocenters. The summed E-state index contributed by atoms with van der Waals surface area (Å²) in [5.41, 5.74) is 0. The first kappa shape index (κ1) is 13.5. The SMILES string of the molecule is CCCNC(C)c1nnnn1C1CCCC(C)C1. The molecule has 1 aromatic rings. The molecule has 1 heterocycles. The van der Waals surface area contributed by atoms with Gasteiger partial charge in [0.1, 0.15) is 0 Å². The fraction of sp³-hybridized carbons (Fsp3) is 0.923. The molecule has 102 valence electrons. The van der Waals surface area contributed by atoms with Crippen molar-refractivity contribution in [2.45, 2.75) is 65.0 Å². The monoisotopic (exact) mass is 251 g/mol. The van der Waals surface area contributed by atoms with Gasteiger partial charge in [-0.25, -0.2) is 4.68 Å². The number of rotatable bonds is 5. The van der Waals surface area contributed by atoms with Gasteiger partial charge in [0.2, 0.25) is 0 Å². The molecule has 0 amide bonds. The second-order valence-corrected chi connectivity index (χ2v) is 5.58. The number of nitrogens with zero attached hydrogens (tertiary/aromatic N) is 4. The molecule has 0 radical (unpaired) electrons. The van der Waals surface area contributed by atoms with E-state index < -0.39 is 0 Å². The van der Waals surface area contributed by atoms with Gasteiger partial charge in [0.25, 0.3) is 0 Å². The first-order valence-corrected chi connectivity index (χ1v) is 7.23. The van der Waals surface area contributed by atoms with Crippen LogP contribution < -0.4 is 5.32 Å².